The molecule has 3 aromatic rings. The number of pyridine rings is 1. The molecule has 0 aliphatic carbocycles. The molecule has 2 aromatic heterocycles. The van der Waals surface area contributed by atoms with Crippen LogP contribution in [0, 0.1) is 35.5 Å². The summed E-state index contributed by atoms with van der Waals surface area (Å²) < 4.78 is 1.66. The monoisotopic (exact) mass is 445 g/mol. The molecule has 1 saturated heterocycles. The van der Waals surface area contributed by atoms with Gasteiger partial charge in [-0.1, -0.05) is 11.6 Å². The fourth-order valence-corrected chi connectivity index (χ4v) is 3.88. The Morgan fingerprint density at radius 2 is 1.91 bits per heavy atom. The Morgan fingerprint density at radius 3 is 2.56 bits per heavy atom. The molecule has 0 bridgehead atoms. The Bertz CT molecular complexity index is 1230. The number of nitriles is 2. The van der Waals surface area contributed by atoms with Crippen molar-refractivity contribution in [2.45, 2.75) is 19.8 Å². The Morgan fingerprint density at radius 1 is 1.19 bits per heavy atom. The number of rotatable bonds is 4. The standard InChI is InChI=1S/C23H20ClN7O/c1-15-21(14-28-31(15)20-4-2-18(24)3-5-20)23(32)29-19-10-17(12-26)22(27-13-19)30-8-6-16(11-25)7-9-30/h2-5,10,13-14,16H,6-9H2,1H3,(H,29,32). The SMILES string of the molecule is Cc1c(C(=O)Nc2cnc(N3CCC(C#N)CC3)c(C#N)c2)cnn1-c1ccc(Cl)cc1. The summed E-state index contributed by atoms with van der Waals surface area (Å²) >= 11 is 5.94. The van der Waals surface area contributed by atoms with Crippen molar-refractivity contribution in [3.63, 3.8) is 0 Å². The molecule has 0 atom stereocenters. The van der Waals surface area contributed by atoms with E-state index in [-0.39, 0.29) is 11.8 Å². The van der Waals surface area contributed by atoms with Gasteiger partial charge in [-0.2, -0.15) is 15.6 Å². The lowest BCUT2D eigenvalue weighted by molar-refractivity contribution is 0.102. The summed E-state index contributed by atoms with van der Waals surface area (Å²) in [6.07, 6.45) is 4.55. The van der Waals surface area contributed by atoms with E-state index >= 15 is 0 Å². The van der Waals surface area contributed by atoms with Crippen LogP contribution in [0.4, 0.5) is 11.5 Å². The van der Waals surface area contributed by atoms with E-state index in [0.29, 0.717) is 46.4 Å². The van der Waals surface area contributed by atoms with Crippen LogP contribution in [0.25, 0.3) is 5.69 Å². The molecular formula is C23H20ClN7O. The number of aromatic nitrogens is 3. The van der Waals surface area contributed by atoms with E-state index < -0.39 is 0 Å². The molecule has 1 aromatic carbocycles. The zero-order valence-corrected chi connectivity index (χ0v) is 18.2. The highest BCUT2D eigenvalue weighted by molar-refractivity contribution is 6.30. The van der Waals surface area contributed by atoms with Gasteiger partial charge in [-0.3, -0.25) is 4.79 Å². The molecule has 0 unspecified atom stereocenters. The highest BCUT2D eigenvalue weighted by atomic mass is 35.5. The van der Waals surface area contributed by atoms with Gasteiger partial charge in [-0.15, -0.1) is 0 Å². The molecule has 1 fully saturated rings. The smallest absolute Gasteiger partial charge is 0.259 e. The van der Waals surface area contributed by atoms with Crippen LogP contribution >= 0.6 is 11.6 Å². The number of piperidine rings is 1. The van der Waals surface area contributed by atoms with E-state index in [4.69, 9.17) is 16.9 Å². The van der Waals surface area contributed by atoms with E-state index in [1.807, 2.05) is 24.0 Å². The first-order valence-corrected chi connectivity index (χ1v) is 10.5. The Kier molecular flexibility index (Phi) is 6.07. The molecule has 0 spiro atoms. The third-order valence-corrected chi connectivity index (χ3v) is 5.80. The minimum Gasteiger partial charge on any atom is -0.355 e. The number of nitrogens with one attached hydrogen (secondary N) is 1. The average Bonchev–Trinajstić information content (AvgIpc) is 3.21. The highest BCUT2D eigenvalue weighted by Gasteiger charge is 2.22. The predicted molar refractivity (Wildman–Crippen MR) is 121 cm³/mol. The first-order chi connectivity index (χ1) is 15.5. The second-order valence-electron chi connectivity index (χ2n) is 7.58. The van der Waals surface area contributed by atoms with Crippen LogP contribution in [0.1, 0.15) is 34.5 Å². The van der Waals surface area contributed by atoms with Crippen LogP contribution in [0.2, 0.25) is 5.02 Å². The van der Waals surface area contributed by atoms with E-state index in [1.54, 1.807) is 29.1 Å². The minimum atomic E-state index is -0.337. The average molecular weight is 446 g/mol. The van der Waals surface area contributed by atoms with Crippen LogP contribution in [-0.2, 0) is 0 Å². The number of amides is 1. The van der Waals surface area contributed by atoms with E-state index in [9.17, 15) is 10.1 Å². The normalized spacial score (nSPS) is 13.9. The summed E-state index contributed by atoms with van der Waals surface area (Å²) in [5, 5.41) is 26.4. The Hall–Kier alpha value is -3.88. The summed E-state index contributed by atoms with van der Waals surface area (Å²) in [6.45, 7) is 3.16. The van der Waals surface area contributed by atoms with Gasteiger partial charge in [0.25, 0.3) is 5.91 Å². The summed E-state index contributed by atoms with van der Waals surface area (Å²) in [6, 6.07) is 13.3. The zero-order valence-electron chi connectivity index (χ0n) is 17.4. The first-order valence-electron chi connectivity index (χ1n) is 10.2. The number of carbonyl (C=O) groups excluding carboxylic acids is 1. The molecule has 0 radical (unpaired) electrons. The van der Waals surface area contributed by atoms with Crippen molar-refractivity contribution in [2.75, 3.05) is 23.3 Å². The summed E-state index contributed by atoms with van der Waals surface area (Å²) in [4.78, 5) is 19.3. The molecule has 3 heterocycles. The summed E-state index contributed by atoms with van der Waals surface area (Å²) in [7, 11) is 0. The van der Waals surface area contributed by atoms with E-state index in [0.717, 1.165) is 18.5 Å². The maximum atomic E-state index is 12.9. The van der Waals surface area contributed by atoms with Crippen molar-refractivity contribution in [3.8, 4) is 17.8 Å². The fourth-order valence-electron chi connectivity index (χ4n) is 3.75. The van der Waals surface area contributed by atoms with Gasteiger partial charge in [0.05, 0.1) is 46.7 Å². The maximum absolute atomic E-state index is 12.9. The van der Waals surface area contributed by atoms with Gasteiger partial charge < -0.3 is 10.2 Å². The van der Waals surface area contributed by atoms with Crippen LogP contribution in [0.15, 0.2) is 42.7 Å². The van der Waals surface area contributed by atoms with Gasteiger partial charge >= 0.3 is 0 Å². The van der Waals surface area contributed by atoms with E-state index in [2.05, 4.69) is 27.5 Å². The van der Waals surface area contributed by atoms with Crippen molar-refractivity contribution in [1.29, 1.82) is 10.5 Å². The van der Waals surface area contributed by atoms with Gasteiger partial charge in [0, 0.05) is 24.0 Å². The van der Waals surface area contributed by atoms with Crippen molar-refractivity contribution in [2.24, 2.45) is 5.92 Å². The van der Waals surface area contributed by atoms with Crippen molar-refractivity contribution >= 4 is 29.0 Å². The number of benzene rings is 1. The largest absolute Gasteiger partial charge is 0.355 e. The molecule has 1 amide bonds. The van der Waals surface area contributed by atoms with E-state index in [1.165, 1.54) is 6.20 Å². The van der Waals surface area contributed by atoms with Crippen LogP contribution in [0.5, 0.6) is 0 Å². The zero-order chi connectivity index (χ0) is 22.7. The molecule has 1 N–H and O–H groups in total. The molecule has 1 aliphatic heterocycles. The Balaban J connectivity index is 1.51. The van der Waals surface area contributed by atoms with Crippen molar-refractivity contribution in [1.82, 2.24) is 14.8 Å². The quantitative estimate of drug-likeness (QED) is 0.647. The molecule has 0 saturated carbocycles. The molecule has 1 aliphatic rings. The van der Waals surface area contributed by atoms with Crippen molar-refractivity contribution < 1.29 is 4.79 Å². The lowest BCUT2D eigenvalue weighted by Crippen LogP contribution is -2.34. The molecule has 32 heavy (non-hydrogen) atoms. The van der Waals surface area contributed by atoms with Gasteiger partial charge in [0.15, 0.2) is 0 Å². The van der Waals surface area contributed by atoms with Crippen LogP contribution in [0.3, 0.4) is 0 Å². The Labute approximate surface area is 190 Å². The first kappa shape index (κ1) is 21.4. The second-order valence-corrected chi connectivity index (χ2v) is 8.02. The third kappa shape index (κ3) is 4.27. The van der Waals surface area contributed by atoms with Gasteiger partial charge in [-0.25, -0.2) is 9.67 Å². The molecular weight excluding hydrogens is 426 g/mol. The highest BCUT2D eigenvalue weighted by Crippen LogP contribution is 2.26. The number of anilines is 2. The van der Waals surface area contributed by atoms with Crippen molar-refractivity contribution in [3.05, 3.63) is 64.6 Å². The molecule has 4 rings (SSSR count). The van der Waals surface area contributed by atoms with Gasteiger partial charge in [0.2, 0.25) is 0 Å². The maximum Gasteiger partial charge on any atom is 0.259 e. The topological polar surface area (TPSA) is 111 Å². The summed E-state index contributed by atoms with van der Waals surface area (Å²) in [5.41, 5.74) is 2.70. The molecule has 8 nitrogen and oxygen atoms in total. The van der Waals surface area contributed by atoms with Crippen LogP contribution in [-0.4, -0.2) is 33.8 Å². The second kappa shape index (κ2) is 9.09. The van der Waals surface area contributed by atoms with Gasteiger partial charge in [-0.05, 0) is 50.1 Å². The number of carbonyl (C=O) groups is 1. The third-order valence-electron chi connectivity index (χ3n) is 5.55. The molecule has 160 valence electrons. The predicted octanol–water partition coefficient (Wildman–Crippen LogP) is 4.09. The van der Waals surface area contributed by atoms with Gasteiger partial charge in [0.1, 0.15) is 11.9 Å². The number of hydrogen-bond donors (Lipinski definition) is 1. The lowest BCUT2D eigenvalue weighted by Gasteiger charge is -2.30. The minimum absolute atomic E-state index is 0.0485. The fraction of sp³-hybridized carbons (Fsp3) is 0.261. The summed E-state index contributed by atoms with van der Waals surface area (Å²) in [5.74, 6) is 0.289. The lowest BCUT2D eigenvalue weighted by atomic mass is 9.98. The molecule has 9 heteroatoms. The number of hydrogen-bond acceptors (Lipinski definition) is 6. The van der Waals surface area contributed by atoms with Crippen LogP contribution < -0.4 is 10.2 Å². The number of nitrogens with zero attached hydrogens (tertiary/aromatic N) is 6. The number of halogens is 1.